The van der Waals surface area contributed by atoms with Crippen molar-refractivity contribution in [1.82, 2.24) is 87.2 Å². The highest BCUT2D eigenvalue weighted by Crippen LogP contribution is 2.36. The van der Waals surface area contributed by atoms with Gasteiger partial charge in [0.1, 0.15) is 96.2 Å². The van der Waals surface area contributed by atoms with Gasteiger partial charge in [0.2, 0.25) is 95.0 Å². The number of benzene rings is 3. The second-order valence-corrected chi connectivity index (χ2v) is 39.1. The van der Waals surface area contributed by atoms with E-state index in [-0.39, 0.29) is 126 Å². The van der Waals surface area contributed by atoms with Crippen molar-refractivity contribution in [2.75, 3.05) is 58.3 Å². The van der Waals surface area contributed by atoms with E-state index in [9.17, 15) is 53.7 Å². The van der Waals surface area contributed by atoms with Crippen LogP contribution in [0, 0.1) is 11.8 Å². The monoisotopic (exact) mass is 1870 g/mol. The maximum absolute atomic E-state index is 15.7. The number of carbonyl (C=O) groups excluding carboxylic acids is 16. The number of hydrogen-bond donors (Lipinski definition) is 18. The largest absolute Gasteiger partial charge is 0.508 e. The fourth-order valence-electron chi connectivity index (χ4n) is 19.1. The van der Waals surface area contributed by atoms with E-state index >= 15 is 43.2 Å². The zero-order chi connectivity index (χ0) is 96.2. The molecule has 0 aliphatic carbocycles. The molecule has 20 N–H and O–H groups in total. The highest BCUT2D eigenvalue weighted by Gasteiger charge is 2.50. The number of phenolic OH excluding ortho intramolecular Hbond substituents is 1. The lowest BCUT2D eigenvalue weighted by Gasteiger charge is -2.38. The summed E-state index contributed by atoms with van der Waals surface area (Å²) in [6.45, 7) is 5.32. The highest BCUT2D eigenvalue weighted by molar-refractivity contribution is 8.18. The second kappa shape index (κ2) is 46.9. The molecule has 724 valence electrons. The number of carboxylic acids is 1. The summed E-state index contributed by atoms with van der Waals surface area (Å²) < 4.78 is 1.46. The van der Waals surface area contributed by atoms with Crippen molar-refractivity contribution in [1.29, 1.82) is 0 Å². The number of carboxylic acid groups (broad SMARTS) is 1. The maximum atomic E-state index is 15.7. The number of H-pyrrole nitrogens is 1. The van der Waals surface area contributed by atoms with E-state index in [0.717, 1.165) is 11.3 Å². The van der Waals surface area contributed by atoms with Crippen molar-refractivity contribution < 1.29 is 96.8 Å². The minimum absolute atomic E-state index is 0.0231. The number of rotatable bonds is 19. The first-order valence-corrected chi connectivity index (χ1v) is 47.9. The second-order valence-electron chi connectivity index (χ2n) is 36.7. The molecular weight excluding hydrogens is 1740 g/mol. The third kappa shape index (κ3) is 26.0. The molecule has 4 bridgehead atoms. The molecular formula is C92H130N20O20S. The van der Waals surface area contributed by atoms with Gasteiger partial charge in [0.05, 0.1) is 11.9 Å². The van der Waals surface area contributed by atoms with Crippen molar-refractivity contribution in [3.8, 4) is 5.75 Å². The molecule has 6 saturated heterocycles. The lowest BCUT2D eigenvalue weighted by Crippen LogP contribution is -2.63. The Balaban J connectivity index is 0.941. The van der Waals surface area contributed by atoms with Gasteiger partial charge >= 0.3 is 5.97 Å². The molecule has 0 radical (unpaired) electrons. The van der Waals surface area contributed by atoms with Crippen molar-refractivity contribution in [2.45, 2.75) is 265 Å². The number of thiol groups is 1. The van der Waals surface area contributed by atoms with Gasteiger partial charge in [0.25, 0.3) is 0 Å². The summed E-state index contributed by atoms with van der Waals surface area (Å²) in [4.78, 5) is 259. The molecule has 40 nitrogen and oxygen atoms in total. The average molecular weight is 1870 g/mol. The van der Waals surface area contributed by atoms with E-state index < -0.39 is 227 Å². The summed E-state index contributed by atoms with van der Waals surface area (Å²) in [5, 5.41) is 59.2. The van der Waals surface area contributed by atoms with E-state index in [1.54, 1.807) is 68.6 Å². The smallest absolute Gasteiger partial charge is 0.323 e. The van der Waals surface area contributed by atoms with E-state index in [0.29, 0.717) is 89.9 Å². The number of carbonyl (C=O) groups is 17. The summed E-state index contributed by atoms with van der Waals surface area (Å²) in [5.74, 6) is -14.7. The standard InChI is InChI=1S/C92H130N20O20S/c1-51(2)38-67-88(128)107(5)36-37-133(87(78(95)119)97-50-113)49-76(116)98-69(40-53-25-29-57(114)30-26-53)90(130)110-35-17-24-73(110)84(125)101-64-31-27-56-28-32-74(112(56)92(64)132)85(126)106-70(44-94)82(123)104-68(39-52(3)4)91(131)111-47-58(115)43-75(111)86(127)103-65(41-54-45-96-61-20-15-13-18-59(54)61)80(121)99-62(33-34-93)79(120)102-66(42-55-46-109(48-77(117)118)71-22-16-14-19-60(55)71)81(122)100-63-21-11-9-7-8-10-12-23-72(83(124)105-67)108(6)89(63)129/h13-16,18-20,22,25-26,29-30,45-46,50-52,56,58,62-70,72-75,87,96,114-115,133H,7-12,17,21,23-24,27-28,31-44,47-49,93-94H2,1-6H3,(H2,95,119)(H,97,113)(H,98,116)(H,99,121)(H,100,122)(H,101,125)(H,102,120)(H,103,127)(H,104,123)(H,105,124)(H,106,126)(H,117,118)/t56?,58-,62+,63?,64-,65+,66+,67+,68+,69+,70-,72?,73+,74-,75+,87?/m1/s1. The van der Waals surface area contributed by atoms with Gasteiger partial charge in [-0.25, -0.2) is 10.9 Å². The Kier molecular flexibility index (Phi) is 35.7. The van der Waals surface area contributed by atoms with Gasteiger partial charge in [-0.15, -0.1) is 0 Å². The van der Waals surface area contributed by atoms with Crippen LogP contribution < -0.4 is 70.4 Å². The molecule has 6 aliphatic rings. The number of piperidine rings is 1. The van der Waals surface area contributed by atoms with Crippen LogP contribution in [0.2, 0.25) is 0 Å². The predicted octanol–water partition coefficient (Wildman–Crippen LogP) is -1.20. The van der Waals surface area contributed by atoms with Crippen LogP contribution in [0.1, 0.15) is 160 Å². The minimum atomic E-state index is -2.09. The summed E-state index contributed by atoms with van der Waals surface area (Å²) in [7, 11) is 0.755. The molecule has 5 unspecified atom stereocenters. The number of nitrogens with zero attached hydrogens (tertiary/aromatic N) is 6. The van der Waals surface area contributed by atoms with E-state index in [4.69, 9.17) is 17.2 Å². The number of amides is 16. The fourth-order valence-corrected chi connectivity index (χ4v) is 21.4. The molecule has 2 aromatic heterocycles. The Bertz CT molecular complexity index is 5070. The molecule has 6 aliphatic heterocycles. The molecule has 17 atom stereocenters. The number of primary amides is 1. The van der Waals surface area contributed by atoms with Crippen molar-refractivity contribution in [3.63, 3.8) is 0 Å². The number of aliphatic carboxylic acids is 1. The quantitative estimate of drug-likeness (QED) is 0.0341. The molecule has 0 saturated carbocycles. The number of aliphatic hydroxyl groups is 1. The molecule has 0 spiro atoms. The first-order chi connectivity index (χ1) is 63.5. The SMILES string of the molecule is CC(C)C[C@@H]1NC(=O)C2CCCCCCCCC(NC(=O)[C@H](Cc3cn(CC(=O)O)c4ccccc34)NC(=O)[C@H](CCN)NC(=O)[C@H](Cc3c[nH]c4ccccc34)NC(=O)[C@@H]3C[C@@H](O)CN3C(=O)[C@H](CC(C)C)NC(=O)[C@@H](CN)NC(=O)[C@H]3CCC4CC[C@@H](NC(=O)[C@@H]5CCCN5C(=O)[C@H](Cc5ccc(O)cc5)NC(=O)C[SH](C(NC=O)C(N)=O)CCN(C)C1=O)C(=O)N43)C(=O)N2C. The number of para-hydroxylation sites is 2. The van der Waals surface area contributed by atoms with Crippen LogP contribution in [-0.2, 0) is 107 Å². The number of aliphatic hydroxyl groups excluding tert-OH is 1. The number of hydrogen-bond acceptors (Lipinski definition) is 21. The Morgan fingerprint density at radius 3 is 1.76 bits per heavy atom. The number of fused-ring (bicyclic) bond motifs is 8. The van der Waals surface area contributed by atoms with Gasteiger partial charge < -0.3 is 120 Å². The molecule has 16 amide bonds. The number of aromatic amines is 1. The Labute approximate surface area is 774 Å². The third-order valence-corrected chi connectivity index (χ3v) is 28.6. The summed E-state index contributed by atoms with van der Waals surface area (Å²) in [6.07, 6.45) is 5.78. The van der Waals surface area contributed by atoms with Crippen molar-refractivity contribution in [3.05, 3.63) is 102 Å². The minimum Gasteiger partial charge on any atom is -0.508 e. The van der Waals surface area contributed by atoms with Crippen LogP contribution in [0.4, 0.5) is 0 Å². The van der Waals surface area contributed by atoms with Gasteiger partial charge in [0.15, 0.2) is 0 Å². The predicted molar refractivity (Wildman–Crippen MR) is 492 cm³/mol. The summed E-state index contributed by atoms with van der Waals surface area (Å²) >= 11 is 0. The van der Waals surface area contributed by atoms with E-state index in [1.807, 2.05) is 13.8 Å². The molecule has 8 heterocycles. The third-order valence-electron chi connectivity index (χ3n) is 26.0. The maximum Gasteiger partial charge on any atom is 0.323 e. The first-order valence-electron chi connectivity index (χ1n) is 46.1. The fraction of sp³-hybridized carbons (Fsp3) is 0.576. The summed E-state index contributed by atoms with van der Waals surface area (Å²) in [6, 6.07) is 1.05. The number of nitrogens with one attached hydrogen (secondary N) is 11. The van der Waals surface area contributed by atoms with Gasteiger partial charge in [-0.3, -0.25) is 81.5 Å². The van der Waals surface area contributed by atoms with Crippen LogP contribution in [0.5, 0.6) is 5.75 Å². The Morgan fingerprint density at radius 2 is 1.08 bits per heavy atom. The topological polar surface area (TPSA) is 586 Å². The number of aromatic nitrogens is 2. The lowest BCUT2D eigenvalue weighted by molar-refractivity contribution is -0.148. The number of phenols is 1. The lowest BCUT2D eigenvalue weighted by atomic mass is 9.97. The molecule has 6 fully saturated rings. The molecule has 41 heteroatoms. The van der Waals surface area contributed by atoms with Crippen LogP contribution in [0.25, 0.3) is 21.8 Å². The Hall–Kier alpha value is -12.2. The van der Waals surface area contributed by atoms with E-state index in [1.165, 1.54) is 68.7 Å². The van der Waals surface area contributed by atoms with Crippen molar-refractivity contribution >= 4 is 134 Å². The molecule has 3 aromatic carbocycles. The van der Waals surface area contributed by atoms with Gasteiger partial charge in [0, 0.05) is 106 Å². The van der Waals surface area contributed by atoms with E-state index in [2.05, 4.69) is 58.2 Å². The van der Waals surface area contributed by atoms with Crippen LogP contribution in [-0.4, -0.2) is 305 Å². The molecule has 133 heavy (non-hydrogen) atoms. The number of nitrogens with two attached hydrogens (primary N) is 3. The number of aromatic hydroxyl groups is 1. The molecule has 11 rings (SSSR count). The summed E-state index contributed by atoms with van der Waals surface area (Å²) in [5.41, 5.74) is 21.0. The van der Waals surface area contributed by atoms with Gasteiger partial charge in [-0.1, -0.05) is 115 Å². The average Bonchev–Trinajstić information content (AvgIpc) is 1.65. The van der Waals surface area contributed by atoms with Gasteiger partial charge in [-0.05, 0) is 136 Å². The molecule has 5 aromatic rings. The number of likely N-dealkylation sites (N-methyl/N-ethyl adjacent to an activating group) is 2. The van der Waals surface area contributed by atoms with Crippen molar-refractivity contribution in [2.24, 2.45) is 29.0 Å². The first kappa shape index (κ1) is 101. The zero-order valence-electron chi connectivity index (χ0n) is 76.2. The van der Waals surface area contributed by atoms with Crippen LogP contribution in [0.3, 0.4) is 0 Å². The highest BCUT2D eigenvalue weighted by atomic mass is 32.2. The van der Waals surface area contributed by atoms with Crippen LogP contribution in [0.15, 0.2) is 85.2 Å². The zero-order valence-corrected chi connectivity index (χ0v) is 77.1. The normalized spacial score (nSPS) is 27.7. The van der Waals surface area contributed by atoms with Gasteiger partial charge in [-0.2, -0.15) is 0 Å². The Morgan fingerprint density at radius 1 is 0.534 bits per heavy atom. The van der Waals surface area contributed by atoms with Crippen LogP contribution >= 0.6 is 10.9 Å².